The first-order valence-corrected chi connectivity index (χ1v) is 4.37. The van der Waals surface area contributed by atoms with Crippen molar-refractivity contribution in [1.82, 2.24) is 0 Å². The SMILES string of the molecule is CCCOCC(C)(O)C(C)OC. The highest BCUT2D eigenvalue weighted by atomic mass is 16.5. The van der Waals surface area contributed by atoms with E-state index in [2.05, 4.69) is 0 Å². The highest BCUT2D eigenvalue weighted by Crippen LogP contribution is 2.12. The molecule has 0 aromatic rings. The van der Waals surface area contributed by atoms with Crippen molar-refractivity contribution in [2.24, 2.45) is 0 Å². The first-order valence-electron chi connectivity index (χ1n) is 4.37. The van der Waals surface area contributed by atoms with Gasteiger partial charge in [-0.15, -0.1) is 0 Å². The third-order valence-electron chi connectivity index (χ3n) is 1.97. The first-order chi connectivity index (χ1) is 5.54. The zero-order chi connectivity index (χ0) is 9.61. The molecule has 0 fully saturated rings. The summed E-state index contributed by atoms with van der Waals surface area (Å²) in [6.07, 6.45) is 0.770. The van der Waals surface area contributed by atoms with E-state index in [9.17, 15) is 5.11 Å². The largest absolute Gasteiger partial charge is 0.385 e. The Hall–Kier alpha value is -0.120. The van der Waals surface area contributed by atoms with Crippen LogP contribution in [0.1, 0.15) is 27.2 Å². The van der Waals surface area contributed by atoms with Crippen LogP contribution in [0.15, 0.2) is 0 Å². The van der Waals surface area contributed by atoms with E-state index in [-0.39, 0.29) is 6.10 Å². The molecular formula is C9H20O3. The standard InChI is InChI=1S/C9H20O3/c1-5-6-12-7-9(3,10)8(2)11-4/h8,10H,5-7H2,1-4H3. The van der Waals surface area contributed by atoms with Crippen LogP contribution in [0, 0.1) is 0 Å². The Morgan fingerprint density at radius 3 is 2.50 bits per heavy atom. The molecule has 0 aliphatic rings. The first kappa shape index (κ1) is 11.9. The molecule has 0 bridgehead atoms. The van der Waals surface area contributed by atoms with Crippen molar-refractivity contribution in [2.45, 2.75) is 38.9 Å². The summed E-state index contributed by atoms with van der Waals surface area (Å²) in [7, 11) is 1.58. The van der Waals surface area contributed by atoms with Gasteiger partial charge in [0.05, 0.1) is 12.7 Å². The predicted octanol–water partition coefficient (Wildman–Crippen LogP) is 1.20. The Morgan fingerprint density at radius 1 is 1.50 bits per heavy atom. The molecule has 12 heavy (non-hydrogen) atoms. The summed E-state index contributed by atoms with van der Waals surface area (Å²) in [5, 5.41) is 9.76. The monoisotopic (exact) mass is 176 g/mol. The van der Waals surface area contributed by atoms with Crippen molar-refractivity contribution in [3.05, 3.63) is 0 Å². The van der Waals surface area contributed by atoms with Gasteiger partial charge in [0.25, 0.3) is 0 Å². The Bertz CT molecular complexity index is 112. The van der Waals surface area contributed by atoms with E-state index in [0.29, 0.717) is 13.2 Å². The van der Waals surface area contributed by atoms with Crippen LogP contribution in [-0.4, -0.2) is 37.1 Å². The molecule has 3 heteroatoms. The van der Waals surface area contributed by atoms with Gasteiger partial charge < -0.3 is 14.6 Å². The second kappa shape index (κ2) is 5.51. The van der Waals surface area contributed by atoms with Crippen molar-refractivity contribution < 1.29 is 14.6 Å². The van der Waals surface area contributed by atoms with Crippen molar-refractivity contribution in [2.75, 3.05) is 20.3 Å². The van der Waals surface area contributed by atoms with Crippen LogP contribution >= 0.6 is 0 Å². The molecule has 0 saturated carbocycles. The number of aliphatic hydroxyl groups is 1. The molecular weight excluding hydrogens is 156 g/mol. The molecule has 0 aliphatic carbocycles. The Balaban J connectivity index is 3.70. The molecule has 0 heterocycles. The van der Waals surface area contributed by atoms with E-state index in [1.165, 1.54) is 0 Å². The molecule has 2 atom stereocenters. The second-order valence-corrected chi connectivity index (χ2v) is 3.29. The maximum absolute atomic E-state index is 9.76. The van der Waals surface area contributed by atoms with Gasteiger partial charge in [-0.1, -0.05) is 6.92 Å². The zero-order valence-electron chi connectivity index (χ0n) is 8.46. The smallest absolute Gasteiger partial charge is 0.111 e. The minimum absolute atomic E-state index is 0.200. The third-order valence-corrected chi connectivity index (χ3v) is 1.97. The van der Waals surface area contributed by atoms with Gasteiger partial charge in [-0.25, -0.2) is 0 Å². The number of ether oxygens (including phenoxy) is 2. The summed E-state index contributed by atoms with van der Waals surface area (Å²) in [5.41, 5.74) is -0.885. The number of hydrogen-bond acceptors (Lipinski definition) is 3. The number of hydrogen-bond donors (Lipinski definition) is 1. The lowest BCUT2D eigenvalue weighted by atomic mass is 10.0. The van der Waals surface area contributed by atoms with E-state index in [1.807, 2.05) is 13.8 Å². The molecule has 3 nitrogen and oxygen atoms in total. The van der Waals surface area contributed by atoms with Crippen molar-refractivity contribution in [3.63, 3.8) is 0 Å². The van der Waals surface area contributed by atoms with Crippen LogP contribution in [0.25, 0.3) is 0 Å². The molecule has 0 spiro atoms. The molecule has 1 N–H and O–H groups in total. The lowest BCUT2D eigenvalue weighted by Crippen LogP contribution is -2.43. The van der Waals surface area contributed by atoms with E-state index in [1.54, 1.807) is 14.0 Å². The van der Waals surface area contributed by atoms with Gasteiger partial charge in [-0.3, -0.25) is 0 Å². The molecule has 0 saturated heterocycles. The van der Waals surface area contributed by atoms with Crippen LogP contribution in [0.2, 0.25) is 0 Å². The fraction of sp³-hybridized carbons (Fsp3) is 1.00. The third kappa shape index (κ3) is 4.04. The maximum atomic E-state index is 9.76. The van der Waals surface area contributed by atoms with Crippen LogP contribution in [0.5, 0.6) is 0 Å². The number of methoxy groups -OCH3 is 1. The maximum Gasteiger partial charge on any atom is 0.111 e. The highest BCUT2D eigenvalue weighted by Gasteiger charge is 2.28. The summed E-state index contributed by atoms with van der Waals surface area (Å²) in [5.74, 6) is 0. The van der Waals surface area contributed by atoms with Gasteiger partial charge in [0.1, 0.15) is 5.60 Å². The van der Waals surface area contributed by atoms with Gasteiger partial charge in [-0.2, -0.15) is 0 Å². The van der Waals surface area contributed by atoms with Crippen molar-refractivity contribution >= 4 is 0 Å². The van der Waals surface area contributed by atoms with E-state index in [4.69, 9.17) is 9.47 Å². The fourth-order valence-electron chi connectivity index (χ4n) is 0.794. The van der Waals surface area contributed by atoms with Crippen LogP contribution < -0.4 is 0 Å². The summed E-state index contributed by atoms with van der Waals surface area (Å²) < 4.78 is 10.3. The molecule has 74 valence electrons. The zero-order valence-corrected chi connectivity index (χ0v) is 8.46. The summed E-state index contributed by atoms with van der Waals surface area (Å²) >= 11 is 0. The van der Waals surface area contributed by atoms with Gasteiger partial charge in [0.15, 0.2) is 0 Å². The van der Waals surface area contributed by atoms with Crippen LogP contribution in [0.3, 0.4) is 0 Å². The molecule has 2 unspecified atom stereocenters. The highest BCUT2D eigenvalue weighted by molar-refractivity contribution is 4.79. The van der Waals surface area contributed by atoms with E-state index in [0.717, 1.165) is 6.42 Å². The predicted molar refractivity (Wildman–Crippen MR) is 48.2 cm³/mol. The van der Waals surface area contributed by atoms with Crippen molar-refractivity contribution in [3.8, 4) is 0 Å². The lowest BCUT2D eigenvalue weighted by Gasteiger charge is -2.28. The minimum Gasteiger partial charge on any atom is -0.385 e. The van der Waals surface area contributed by atoms with Gasteiger partial charge in [0, 0.05) is 13.7 Å². The van der Waals surface area contributed by atoms with Crippen LogP contribution in [0.4, 0.5) is 0 Å². The summed E-state index contributed by atoms with van der Waals surface area (Å²) in [6, 6.07) is 0. The van der Waals surface area contributed by atoms with Crippen molar-refractivity contribution in [1.29, 1.82) is 0 Å². The average Bonchev–Trinajstić information content (AvgIpc) is 2.03. The van der Waals surface area contributed by atoms with E-state index >= 15 is 0 Å². The van der Waals surface area contributed by atoms with Crippen LogP contribution in [-0.2, 0) is 9.47 Å². The molecule has 0 rings (SSSR count). The second-order valence-electron chi connectivity index (χ2n) is 3.29. The quantitative estimate of drug-likeness (QED) is 0.618. The topological polar surface area (TPSA) is 38.7 Å². The Kier molecular flexibility index (Phi) is 5.46. The van der Waals surface area contributed by atoms with Gasteiger partial charge in [0.2, 0.25) is 0 Å². The average molecular weight is 176 g/mol. The molecule has 0 aromatic carbocycles. The summed E-state index contributed by atoms with van der Waals surface area (Å²) in [4.78, 5) is 0. The fourth-order valence-corrected chi connectivity index (χ4v) is 0.794. The Labute approximate surface area is 74.7 Å². The molecule has 0 radical (unpaired) electrons. The van der Waals surface area contributed by atoms with Gasteiger partial charge in [-0.05, 0) is 20.3 Å². The normalized spacial score (nSPS) is 18.8. The summed E-state index contributed by atoms with van der Waals surface area (Å²) in [6.45, 7) is 6.60. The van der Waals surface area contributed by atoms with E-state index < -0.39 is 5.60 Å². The minimum atomic E-state index is -0.885. The molecule has 0 aliphatic heterocycles. The molecule has 0 aromatic heterocycles. The Morgan fingerprint density at radius 2 is 2.08 bits per heavy atom. The molecule has 0 amide bonds. The number of rotatable bonds is 6. The van der Waals surface area contributed by atoms with Gasteiger partial charge >= 0.3 is 0 Å². The lowest BCUT2D eigenvalue weighted by molar-refractivity contribution is -0.115.